The minimum absolute atomic E-state index is 0.0127. The molecule has 1 aliphatic rings. The summed E-state index contributed by atoms with van der Waals surface area (Å²) in [6.07, 6.45) is 1.46. The molecule has 3 amide bonds. The van der Waals surface area contributed by atoms with E-state index in [0.29, 0.717) is 16.9 Å². The highest BCUT2D eigenvalue weighted by Crippen LogP contribution is 2.34. The monoisotopic (exact) mass is 492 g/mol. The lowest BCUT2D eigenvalue weighted by molar-refractivity contribution is -0.122. The van der Waals surface area contributed by atoms with Crippen LogP contribution in [0.2, 0.25) is 0 Å². The van der Waals surface area contributed by atoms with Gasteiger partial charge in [-0.15, -0.1) is 0 Å². The Morgan fingerprint density at radius 2 is 1.82 bits per heavy atom. The highest BCUT2D eigenvalue weighted by Gasteiger charge is 2.34. The van der Waals surface area contributed by atoms with Crippen LogP contribution in [0.25, 0.3) is 6.08 Å². The van der Waals surface area contributed by atoms with Crippen LogP contribution in [-0.2, 0) is 4.79 Å². The molecule has 180 valence electrons. The van der Waals surface area contributed by atoms with Gasteiger partial charge in [-0.05, 0) is 60.2 Å². The van der Waals surface area contributed by atoms with Gasteiger partial charge in [0.15, 0.2) is 11.5 Å². The summed E-state index contributed by atoms with van der Waals surface area (Å²) in [5.41, 5.74) is 1.74. The SMILES string of the molecule is COc1cc(C(=O)NCCN2C(=O)S/C(=C\c3ccc(OC(F)F)c(OC)c3)C2=O)ccc1C. The molecule has 0 atom stereocenters. The van der Waals surface area contributed by atoms with E-state index in [2.05, 4.69) is 10.1 Å². The highest BCUT2D eigenvalue weighted by molar-refractivity contribution is 8.18. The summed E-state index contributed by atoms with van der Waals surface area (Å²) in [7, 11) is 2.81. The molecule has 1 fully saturated rings. The van der Waals surface area contributed by atoms with E-state index in [1.54, 1.807) is 18.2 Å². The zero-order valence-electron chi connectivity index (χ0n) is 18.6. The molecule has 2 aromatic rings. The first-order chi connectivity index (χ1) is 16.2. The van der Waals surface area contributed by atoms with Gasteiger partial charge in [0.25, 0.3) is 17.1 Å². The van der Waals surface area contributed by atoms with Gasteiger partial charge in [-0.1, -0.05) is 12.1 Å². The Labute approximate surface area is 198 Å². The molecular weight excluding hydrogens is 470 g/mol. The molecule has 0 bridgehead atoms. The van der Waals surface area contributed by atoms with Crippen molar-refractivity contribution in [2.45, 2.75) is 13.5 Å². The molecular formula is C23H22F2N2O6S. The van der Waals surface area contributed by atoms with Crippen LogP contribution in [-0.4, -0.2) is 55.9 Å². The minimum Gasteiger partial charge on any atom is -0.496 e. The maximum Gasteiger partial charge on any atom is 0.387 e. The van der Waals surface area contributed by atoms with Gasteiger partial charge in [0, 0.05) is 18.7 Å². The number of ether oxygens (including phenoxy) is 3. The smallest absolute Gasteiger partial charge is 0.387 e. The van der Waals surface area contributed by atoms with Gasteiger partial charge in [-0.3, -0.25) is 19.3 Å². The number of hydrogen-bond donors (Lipinski definition) is 1. The fourth-order valence-electron chi connectivity index (χ4n) is 3.16. The number of carbonyl (C=O) groups is 3. The topological polar surface area (TPSA) is 94.2 Å². The van der Waals surface area contributed by atoms with E-state index in [-0.39, 0.29) is 35.4 Å². The number of rotatable bonds is 9. The second kappa shape index (κ2) is 11.0. The largest absolute Gasteiger partial charge is 0.496 e. The number of thioether (sulfide) groups is 1. The van der Waals surface area contributed by atoms with Crippen molar-refractivity contribution in [2.24, 2.45) is 0 Å². The first-order valence-corrected chi connectivity index (χ1v) is 10.9. The standard InChI is InChI=1S/C23H22F2N2O6S/c1-13-4-6-15(12-17(13)31-2)20(28)26-8-9-27-21(29)19(34-23(27)30)11-14-5-7-16(33-22(24)25)18(10-14)32-3/h4-7,10-12,22H,8-9H2,1-3H3,(H,26,28)/b19-11-. The minimum atomic E-state index is -3.01. The molecule has 1 aliphatic heterocycles. The molecule has 0 spiro atoms. The Bertz CT molecular complexity index is 1140. The van der Waals surface area contributed by atoms with E-state index in [4.69, 9.17) is 9.47 Å². The van der Waals surface area contributed by atoms with Crippen molar-refractivity contribution in [1.82, 2.24) is 10.2 Å². The predicted molar refractivity (Wildman–Crippen MR) is 122 cm³/mol. The first-order valence-electron chi connectivity index (χ1n) is 10.0. The number of alkyl halides is 2. The van der Waals surface area contributed by atoms with Crippen molar-refractivity contribution in [1.29, 1.82) is 0 Å². The number of halogens is 2. The summed E-state index contributed by atoms with van der Waals surface area (Å²) in [5.74, 6) is -0.394. The van der Waals surface area contributed by atoms with E-state index in [1.165, 1.54) is 38.5 Å². The average molecular weight is 493 g/mol. The Balaban J connectivity index is 1.63. The fourth-order valence-corrected chi connectivity index (χ4v) is 4.02. The third kappa shape index (κ3) is 5.84. The normalized spacial score (nSPS) is 14.6. The lowest BCUT2D eigenvalue weighted by Gasteiger charge is -2.13. The van der Waals surface area contributed by atoms with Crippen molar-refractivity contribution >= 4 is 34.9 Å². The molecule has 1 saturated heterocycles. The first kappa shape index (κ1) is 25.0. The second-order valence-corrected chi connectivity index (χ2v) is 8.06. The van der Waals surface area contributed by atoms with Crippen molar-refractivity contribution in [3.05, 3.63) is 58.0 Å². The molecule has 1 N–H and O–H groups in total. The van der Waals surface area contributed by atoms with Crippen LogP contribution in [0.4, 0.5) is 13.6 Å². The van der Waals surface area contributed by atoms with Crippen LogP contribution in [0.5, 0.6) is 17.2 Å². The third-order valence-corrected chi connectivity index (χ3v) is 5.77. The lowest BCUT2D eigenvalue weighted by Crippen LogP contribution is -2.37. The Morgan fingerprint density at radius 3 is 2.50 bits per heavy atom. The van der Waals surface area contributed by atoms with Crippen LogP contribution >= 0.6 is 11.8 Å². The van der Waals surface area contributed by atoms with Crippen molar-refractivity contribution in [2.75, 3.05) is 27.3 Å². The molecule has 34 heavy (non-hydrogen) atoms. The Morgan fingerprint density at radius 1 is 1.09 bits per heavy atom. The predicted octanol–water partition coefficient (Wildman–Crippen LogP) is 4.08. The van der Waals surface area contributed by atoms with Crippen LogP contribution < -0.4 is 19.5 Å². The van der Waals surface area contributed by atoms with Crippen LogP contribution in [0.15, 0.2) is 41.3 Å². The van der Waals surface area contributed by atoms with Crippen molar-refractivity contribution in [3.63, 3.8) is 0 Å². The van der Waals surface area contributed by atoms with Gasteiger partial charge in [-0.2, -0.15) is 8.78 Å². The molecule has 8 nitrogen and oxygen atoms in total. The molecule has 1 heterocycles. The van der Waals surface area contributed by atoms with Crippen LogP contribution in [0.1, 0.15) is 21.5 Å². The summed E-state index contributed by atoms with van der Waals surface area (Å²) >= 11 is 0.744. The van der Waals surface area contributed by atoms with Crippen molar-refractivity contribution in [3.8, 4) is 17.2 Å². The second-order valence-electron chi connectivity index (χ2n) is 7.06. The fraction of sp³-hybridized carbons (Fsp3) is 0.261. The van der Waals surface area contributed by atoms with E-state index in [0.717, 1.165) is 22.2 Å². The van der Waals surface area contributed by atoms with E-state index in [9.17, 15) is 23.2 Å². The molecule has 0 aromatic heterocycles. The summed E-state index contributed by atoms with van der Waals surface area (Å²) in [5, 5.41) is 2.20. The summed E-state index contributed by atoms with van der Waals surface area (Å²) < 4.78 is 39.6. The quantitative estimate of drug-likeness (QED) is 0.527. The number of nitrogens with zero attached hydrogens (tertiary/aromatic N) is 1. The number of aryl methyl sites for hydroxylation is 1. The van der Waals surface area contributed by atoms with Crippen LogP contribution in [0.3, 0.4) is 0 Å². The summed E-state index contributed by atoms with van der Waals surface area (Å²) in [4.78, 5) is 38.6. The van der Waals surface area contributed by atoms with Gasteiger partial charge >= 0.3 is 6.61 Å². The Hall–Kier alpha value is -3.60. The number of carbonyl (C=O) groups excluding carboxylic acids is 3. The lowest BCUT2D eigenvalue weighted by atomic mass is 10.1. The number of imide groups is 1. The maximum absolute atomic E-state index is 12.7. The molecule has 0 saturated carbocycles. The molecule has 0 aliphatic carbocycles. The molecule has 2 aromatic carbocycles. The van der Waals surface area contributed by atoms with Gasteiger partial charge in [0.2, 0.25) is 0 Å². The van der Waals surface area contributed by atoms with Gasteiger partial charge in [0.1, 0.15) is 5.75 Å². The summed E-state index contributed by atoms with van der Waals surface area (Å²) in [6, 6.07) is 9.19. The highest BCUT2D eigenvalue weighted by atomic mass is 32.2. The maximum atomic E-state index is 12.7. The number of nitrogens with one attached hydrogen (secondary N) is 1. The zero-order valence-corrected chi connectivity index (χ0v) is 19.4. The molecule has 11 heteroatoms. The number of hydrogen-bond acceptors (Lipinski definition) is 7. The van der Waals surface area contributed by atoms with Gasteiger partial charge < -0.3 is 19.5 Å². The molecule has 0 unspecified atom stereocenters. The molecule has 0 radical (unpaired) electrons. The zero-order chi connectivity index (χ0) is 24.8. The number of methoxy groups -OCH3 is 2. The van der Waals surface area contributed by atoms with E-state index >= 15 is 0 Å². The number of amides is 3. The van der Waals surface area contributed by atoms with Crippen LogP contribution in [0, 0.1) is 6.92 Å². The summed E-state index contributed by atoms with van der Waals surface area (Å²) in [6.45, 7) is -1.10. The van der Waals surface area contributed by atoms with E-state index < -0.39 is 17.8 Å². The van der Waals surface area contributed by atoms with Gasteiger partial charge in [0.05, 0.1) is 19.1 Å². The Kier molecular flexibility index (Phi) is 8.11. The van der Waals surface area contributed by atoms with E-state index in [1.807, 2.05) is 6.92 Å². The van der Waals surface area contributed by atoms with Gasteiger partial charge in [-0.25, -0.2) is 0 Å². The van der Waals surface area contributed by atoms with Crippen molar-refractivity contribution < 1.29 is 37.4 Å². The number of benzene rings is 2. The average Bonchev–Trinajstić information content (AvgIpc) is 3.07. The third-order valence-electron chi connectivity index (χ3n) is 4.87. The molecule has 3 rings (SSSR count).